The van der Waals surface area contributed by atoms with Crippen LogP contribution in [0.2, 0.25) is 0 Å². The van der Waals surface area contributed by atoms with Crippen LogP contribution in [0.5, 0.6) is 5.75 Å². The van der Waals surface area contributed by atoms with Gasteiger partial charge in [-0.15, -0.1) is 10.2 Å². The molecule has 19 heavy (non-hydrogen) atoms. The van der Waals surface area contributed by atoms with Crippen LogP contribution >= 0.6 is 11.8 Å². The Morgan fingerprint density at radius 1 is 1.42 bits per heavy atom. The van der Waals surface area contributed by atoms with Gasteiger partial charge in [0.05, 0.1) is 11.3 Å². The quantitative estimate of drug-likeness (QED) is 0.803. The number of carbonyl (C=O) groups is 1. The van der Waals surface area contributed by atoms with E-state index in [9.17, 15) is 9.90 Å². The smallest absolute Gasteiger partial charge is 0.227 e. The van der Waals surface area contributed by atoms with E-state index in [0.717, 1.165) is 0 Å². The third-order valence-corrected chi connectivity index (χ3v) is 3.51. The average Bonchev–Trinajstić information content (AvgIpc) is 2.79. The topological polar surface area (TPSA) is 94.0 Å². The summed E-state index contributed by atoms with van der Waals surface area (Å²) < 4.78 is 1.84. The number of primary amides is 1. The number of hydrogen-bond acceptors (Lipinski definition) is 5. The second-order valence-electron chi connectivity index (χ2n) is 3.82. The number of aromatic hydroxyl groups is 1. The zero-order valence-electron chi connectivity index (χ0n) is 10.4. The van der Waals surface area contributed by atoms with Gasteiger partial charge in [-0.1, -0.05) is 23.9 Å². The summed E-state index contributed by atoms with van der Waals surface area (Å²) in [7, 11) is 0. The van der Waals surface area contributed by atoms with E-state index in [0.29, 0.717) is 23.1 Å². The van der Waals surface area contributed by atoms with Gasteiger partial charge in [0.2, 0.25) is 5.91 Å². The van der Waals surface area contributed by atoms with E-state index in [1.165, 1.54) is 11.8 Å². The molecule has 0 fully saturated rings. The molecule has 0 spiro atoms. The first-order valence-electron chi connectivity index (χ1n) is 5.76. The van der Waals surface area contributed by atoms with E-state index in [4.69, 9.17) is 5.73 Å². The number of nitrogens with zero attached hydrogens (tertiary/aromatic N) is 3. The molecule has 0 unspecified atom stereocenters. The summed E-state index contributed by atoms with van der Waals surface area (Å²) in [5.74, 6) is 0.474. The highest BCUT2D eigenvalue weighted by atomic mass is 32.2. The van der Waals surface area contributed by atoms with Gasteiger partial charge in [0.1, 0.15) is 5.75 Å². The zero-order valence-corrected chi connectivity index (χ0v) is 11.2. The summed E-state index contributed by atoms with van der Waals surface area (Å²) >= 11 is 1.23. The SMILES string of the molecule is CCn1c(SCC(N)=O)nnc1-c1ccccc1O. The average molecular weight is 278 g/mol. The Morgan fingerprint density at radius 3 is 2.79 bits per heavy atom. The minimum Gasteiger partial charge on any atom is -0.507 e. The third kappa shape index (κ3) is 2.87. The van der Waals surface area contributed by atoms with Crippen molar-refractivity contribution in [2.45, 2.75) is 18.6 Å². The van der Waals surface area contributed by atoms with Crippen LogP contribution in [0.1, 0.15) is 6.92 Å². The molecule has 0 bridgehead atoms. The predicted molar refractivity (Wildman–Crippen MR) is 72.7 cm³/mol. The van der Waals surface area contributed by atoms with Gasteiger partial charge in [0.15, 0.2) is 11.0 Å². The van der Waals surface area contributed by atoms with Crippen LogP contribution in [-0.4, -0.2) is 31.5 Å². The maximum Gasteiger partial charge on any atom is 0.227 e. The van der Waals surface area contributed by atoms with Crippen LogP contribution in [0.15, 0.2) is 29.4 Å². The molecule has 1 heterocycles. The van der Waals surface area contributed by atoms with E-state index < -0.39 is 5.91 Å². The first-order valence-corrected chi connectivity index (χ1v) is 6.74. The van der Waals surface area contributed by atoms with Crippen molar-refractivity contribution in [3.63, 3.8) is 0 Å². The number of nitrogens with two attached hydrogens (primary N) is 1. The normalized spacial score (nSPS) is 10.6. The Bertz CT molecular complexity index is 597. The molecule has 100 valence electrons. The van der Waals surface area contributed by atoms with Gasteiger partial charge in [-0.3, -0.25) is 4.79 Å². The monoisotopic (exact) mass is 278 g/mol. The van der Waals surface area contributed by atoms with Crippen LogP contribution in [0.25, 0.3) is 11.4 Å². The second-order valence-corrected chi connectivity index (χ2v) is 4.77. The molecular formula is C12H14N4O2S. The van der Waals surface area contributed by atoms with Crippen molar-refractivity contribution in [1.29, 1.82) is 0 Å². The Balaban J connectivity index is 2.37. The van der Waals surface area contributed by atoms with E-state index >= 15 is 0 Å². The van der Waals surface area contributed by atoms with Crippen LogP contribution in [0.4, 0.5) is 0 Å². The summed E-state index contributed by atoms with van der Waals surface area (Å²) in [6, 6.07) is 6.93. The van der Waals surface area contributed by atoms with E-state index in [-0.39, 0.29) is 11.5 Å². The van der Waals surface area contributed by atoms with Crippen molar-refractivity contribution in [3.05, 3.63) is 24.3 Å². The molecule has 6 nitrogen and oxygen atoms in total. The number of benzene rings is 1. The maximum atomic E-state index is 10.8. The van der Waals surface area contributed by atoms with Crippen LogP contribution in [0, 0.1) is 0 Å². The van der Waals surface area contributed by atoms with Crippen molar-refractivity contribution in [2.24, 2.45) is 5.73 Å². The molecule has 2 aromatic rings. The Labute approximate surface area is 114 Å². The fourth-order valence-corrected chi connectivity index (χ4v) is 2.42. The Kier molecular flexibility index (Phi) is 4.06. The molecule has 3 N–H and O–H groups in total. The van der Waals surface area contributed by atoms with E-state index in [1.54, 1.807) is 18.2 Å². The van der Waals surface area contributed by atoms with Crippen molar-refractivity contribution in [3.8, 4) is 17.1 Å². The molecule has 0 aliphatic rings. The summed E-state index contributed by atoms with van der Waals surface area (Å²) in [4.78, 5) is 10.8. The molecule has 7 heteroatoms. The molecule has 0 aliphatic heterocycles. The van der Waals surface area contributed by atoms with Gasteiger partial charge in [-0.2, -0.15) is 0 Å². The van der Waals surface area contributed by atoms with Gasteiger partial charge < -0.3 is 15.4 Å². The van der Waals surface area contributed by atoms with Gasteiger partial charge in [0.25, 0.3) is 0 Å². The van der Waals surface area contributed by atoms with Gasteiger partial charge in [-0.25, -0.2) is 0 Å². The van der Waals surface area contributed by atoms with E-state index in [2.05, 4.69) is 10.2 Å². The first-order chi connectivity index (χ1) is 9.13. The highest BCUT2D eigenvalue weighted by molar-refractivity contribution is 7.99. The molecule has 1 amide bonds. The lowest BCUT2D eigenvalue weighted by Crippen LogP contribution is -2.13. The molecule has 0 atom stereocenters. The van der Waals surface area contributed by atoms with Crippen LogP contribution in [0.3, 0.4) is 0 Å². The molecule has 1 aromatic carbocycles. The summed E-state index contributed by atoms with van der Waals surface area (Å²) in [5.41, 5.74) is 5.73. The number of amides is 1. The predicted octanol–water partition coefficient (Wildman–Crippen LogP) is 1.25. The summed E-state index contributed by atoms with van der Waals surface area (Å²) in [6.07, 6.45) is 0. The number of hydrogen-bond donors (Lipinski definition) is 2. The maximum absolute atomic E-state index is 10.8. The first kappa shape index (κ1) is 13.4. The molecule has 0 aliphatic carbocycles. The summed E-state index contributed by atoms with van der Waals surface area (Å²) in [5, 5.41) is 18.6. The summed E-state index contributed by atoms with van der Waals surface area (Å²) in [6.45, 7) is 2.58. The van der Waals surface area contributed by atoms with Crippen LogP contribution in [-0.2, 0) is 11.3 Å². The number of phenolic OH excluding ortho intramolecular Hbond substituents is 1. The highest BCUT2D eigenvalue weighted by Crippen LogP contribution is 2.29. The largest absolute Gasteiger partial charge is 0.507 e. The zero-order chi connectivity index (χ0) is 13.8. The fourth-order valence-electron chi connectivity index (χ4n) is 1.68. The van der Waals surface area contributed by atoms with Crippen molar-refractivity contribution in [1.82, 2.24) is 14.8 Å². The molecule has 0 radical (unpaired) electrons. The number of carbonyl (C=O) groups excluding carboxylic acids is 1. The number of rotatable bonds is 5. The fraction of sp³-hybridized carbons (Fsp3) is 0.250. The number of para-hydroxylation sites is 1. The lowest BCUT2D eigenvalue weighted by Gasteiger charge is -2.07. The molecule has 2 rings (SSSR count). The number of thioether (sulfide) groups is 1. The minimum absolute atomic E-state index is 0.149. The minimum atomic E-state index is -0.403. The van der Waals surface area contributed by atoms with Crippen LogP contribution < -0.4 is 5.73 Å². The highest BCUT2D eigenvalue weighted by Gasteiger charge is 2.15. The second kappa shape index (κ2) is 5.75. The lowest BCUT2D eigenvalue weighted by molar-refractivity contribution is -0.115. The van der Waals surface area contributed by atoms with Gasteiger partial charge in [-0.05, 0) is 19.1 Å². The van der Waals surface area contributed by atoms with Crippen molar-refractivity contribution in [2.75, 3.05) is 5.75 Å². The van der Waals surface area contributed by atoms with Gasteiger partial charge >= 0.3 is 0 Å². The molecule has 0 saturated carbocycles. The Hall–Kier alpha value is -2.02. The van der Waals surface area contributed by atoms with Crippen molar-refractivity contribution < 1.29 is 9.90 Å². The third-order valence-electron chi connectivity index (χ3n) is 2.52. The Morgan fingerprint density at radius 2 is 2.16 bits per heavy atom. The number of aromatic nitrogens is 3. The van der Waals surface area contributed by atoms with Gasteiger partial charge in [0, 0.05) is 6.54 Å². The molecule has 1 aromatic heterocycles. The number of phenols is 1. The molecular weight excluding hydrogens is 264 g/mol. The lowest BCUT2D eigenvalue weighted by atomic mass is 10.2. The molecule has 0 saturated heterocycles. The van der Waals surface area contributed by atoms with E-state index in [1.807, 2.05) is 17.6 Å². The standard InChI is InChI=1S/C12H14N4O2S/c1-2-16-11(8-5-3-4-6-9(8)17)14-15-12(16)19-7-10(13)18/h3-6,17H,2,7H2,1H3,(H2,13,18). The van der Waals surface area contributed by atoms with Crippen molar-refractivity contribution >= 4 is 17.7 Å².